The van der Waals surface area contributed by atoms with Crippen molar-refractivity contribution in [2.75, 3.05) is 31.6 Å². The van der Waals surface area contributed by atoms with E-state index in [0.29, 0.717) is 49.6 Å². The lowest BCUT2D eigenvalue weighted by molar-refractivity contribution is -0.137. The summed E-state index contributed by atoms with van der Waals surface area (Å²) >= 11 is 6.08. The minimum absolute atomic E-state index is 0.141. The van der Waals surface area contributed by atoms with Crippen molar-refractivity contribution >= 4 is 33.9 Å². The summed E-state index contributed by atoms with van der Waals surface area (Å²) in [5, 5.41) is 15.7. The van der Waals surface area contributed by atoms with Gasteiger partial charge in [0.1, 0.15) is 12.4 Å². The zero-order chi connectivity index (χ0) is 28.3. The molecule has 9 heteroatoms. The van der Waals surface area contributed by atoms with Crippen molar-refractivity contribution in [1.29, 1.82) is 0 Å². The second-order valence-electron chi connectivity index (χ2n) is 10.4. The number of nitrogens with one attached hydrogen (secondary N) is 1. The van der Waals surface area contributed by atoms with Crippen LogP contribution in [0.3, 0.4) is 0 Å². The molecule has 0 amide bonds. The number of fused-ring (bicyclic) bond motifs is 1. The van der Waals surface area contributed by atoms with Crippen LogP contribution in [0.15, 0.2) is 72.8 Å². The average Bonchev–Trinajstić information content (AvgIpc) is 2.89. The molecule has 0 aliphatic carbocycles. The summed E-state index contributed by atoms with van der Waals surface area (Å²) in [6, 6.07) is 20.5. The fourth-order valence-electron chi connectivity index (χ4n) is 5.17. The molecular weight excluding hydrogens is 539 g/mol. The molecule has 0 bridgehead atoms. The number of pyridine rings is 1. The number of halogens is 4. The van der Waals surface area contributed by atoms with Crippen LogP contribution in [0.2, 0.25) is 5.02 Å². The van der Waals surface area contributed by atoms with Crippen molar-refractivity contribution in [2.24, 2.45) is 0 Å². The maximum Gasteiger partial charge on any atom is 0.416 e. The third-order valence-electron chi connectivity index (χ3n) is 7.24. The number of nitrogens with zero attached hydrogens (tertiary/aromatic N) is 2. The van der Waals surface area contributed by atoms with Crippen LogP contribution in [0.4, 0.5) is 24.5 Å². The molecule has 0 saturated carbocycles. The first kappa shape index (κ1) is 28.2. The maximum atomic E-state index is 13.7. The minimum Gasteiger partial charge on any atom is -0.492 e. The van der Waals surface area contributed by atoms with E-state index in [4.69, 9.17) is 16.3 Å². The Morgan fingerprint density at radius 2 is 1.80 bits per heavy atom. The number of para-hydroxylation sites is 1. The van der Waals surface area contributed by atoms with Gasteiger partial charge in [-0.15, -0.1) is 0 Å². The lowest BCUT2D eigenvalue weighted by Gasteiger charge is -2.38. The highest BCUT2D eigenvalue weighted by atomic mass is 35.5. The quantitative estimate of drug-likeness (QED) is 0.231. The highest BCUT2D eigenvalue weighted by Gasteiger charge is 2.33. The Morgan fingerprint density at radius 3 is 2.55 bits per heavy atom. The molecule has 1 saturated heterocycles. The highest BCUT2D eigenvalue weighted by Crippen LogP contribution is 2.36. The molecule has 1 fully saturated rings. The van der Waals surface area contributed by atoms with E-state index in [0.717, 1.165) is 34.3 Å². The molecule has 3 aromatic carbocycles. The third kappa shape index (κ3) is 7.05. The zero-order valence-electron chi connectivity index (χ0n) is 22.1. The van der Waals surface area contributed by atoms with E-state index in [-0.39, 0.29) is 18.0 Å². The van der Waals surface area contributed by atoms with Gasteiger partial charge in [-0.1, -0.05) is 41.9 Å². The number of benzene rings is 3. The standard InChI is InChI=1S/C31H31ClF3N3O2/c1-21-15-29(27-7-2-3-8-28(27)36-21)37-25-17-23(31(33,34)35)18-26(19-25)40-14-13-38-11-9-30(39,10-12-38)20-22-5-4-6-24(32)16-22/h2-8,15-19,39H,9-14,20H2,1H3,(H,36,37). The van der Waals surface area contributed by atoms with E-state index in [2.05, 4.69) is 15.2 Å². The Hall–Kier alpha value is -3.33. The fraction of sp³-hybridized carbons (Fsp3) is 0.323. The smallest absolute Gasteiger partial charge is 0.416 e. The van der Waals surface area contributed by atoms with Crippen LogP contribution in [0.1, 0.15) is 29.7 Å². The van der Waals surface area contributed by atoms with Gasteiger partial charge in [0.05, 0.1) is 16.7 Å². The number of ether oxygens (including phenoxy) is 1. The Kier molecular flexibility index (Phi) is 8.21. The molecule has 0 unspecified atom stereocenters. The highest BCUT2D eigenvalue weighted by molar-refractivity contribution is 6.30. The van der Waals surface area contributed by atoms with Gasteiger partial charge in [0.15, 0.2) is 0 Å². The molecule has 1 aromatic heterocycles. The summed E-state index contributed by atoms with van der Waals surface area (Å²) in [6.07, 6.45) is -2.80. The van der Waals surface area contributed by atoms with Crippen LogP contribution < -0.4 is 10.1 Å². The largest absolute Gasteiger partial charge is 0.492 e. The van der Waals surface area contributed by atoms with Gasteiger partial charge in [-0.25, -0.2) is 0 Å². The summed E-state index contributed by atoms with van der Waals surface area (Å²) < 4.78 is 47.0. The number of aryl methyl sites for hydroxylation is 1. The van der Waals surface area contributed by atoms with Crippen molar-refractivity contribution < 1.29 is 23.0 Å². The number of likely N-dealkylation sites (tertiary alicyclic amines) is 1. The van der Waals surface area contributed by atoms with Gasteiger partial charge in [-0.3, -0.25) is 9.88 Å². The first-order valence-electron chi connectivity index (χ1n) is 13.2. The molecule has 5 nitrogen and oxygen atoms in total. The van der Waals surface area contributed by atoms with E-state index in [9.17, 15) is 18.3 Å². The Morgan fingerprint density at radius 1 is 1.02 bits per heavy atom. The topological polar surface area (TPSA) is 57.6 Å². The number of hydrogen-bond acceptors (Lipinski definition) is 5. The summed E-state index contributed by atoms with van der Waals surface area (Å²) in [5.41, 5.74) is 1.87. The third-order valence-corrected chi connectivity index (χ3v) is 7.48. The van der Waals surface area contributed by atoms with Gasteiger partial charge in [-0.2, -0.15) is 13.2 Å². The normalized spacial score (nSPS) is 15.8. The van der Waals surface area contributed by atoms with E-state index in [1.807, 2.05) is 61.5 Å². The Balaban J connectivity index is 1.23. The predicted octanol–water partition coefficient (Wildman–Crippen LogP) is 7.41. The molecule has 0 atom stereocenters. The van der Waals surface area contributed by atoms with Crippen LogP contribution >= 0.6 is 11.6 Å². The molecule has 1 aliphatic heterocycles. The molecule has 4 aromatic rings. The first-order chi connectivity index (χ1) is 19.1. The molecule has 1 aliphatic rings. The number of piperidine rings is 1. The minimum atomic E-state index is -4.52. The lowest BCUT2D eigenvalue weighted by Crippen LogP contribution is -2.46. The van der Waals surface area contributed by atoms with Gasteiger partial charge in [-0.05, 0) is 61.7 Å². The predicted molar refractivity (Wildman–Crippen MR) is 152 cm³/mol. The SMILES string of the molecule is Cc1cc(Nc2cc(OCCN3CCC(O)(Cc4cccc(Cl)c4)CC3)cc(C(F)(F)F)c2)c2ccccc2n1. The molecule has 40 heavy (non-hydrogen) atoms. The van der Waals surface area contributed by atoms with Crippen molar-refractivity contribution in [3.8, 4) is 5.75 Å². The number of alkyl halides is 3. The van der Waals surface area contributed by atoms with Crippen LogP contribution in [0.5, 0.6) is 5.75 Å². The first-order valence-corrected chi connectivity index (χ1v) is 13.6. The zero-order valence-corrected chi connectivity index (χ0v) is 22.9. The summed E-state index contributed by atoms with van der Waals surface area (Å²) in [5.74, 6) is 0.141. The van der Waals surface area contributed by atoms with Gasteiger partial charge < -0.3 is 15.2 Å². The van der Waals surface area contributed by atoms with Crippen LogP contribution in [-0.2, 0) is 12.6 Å². The molecule has 5 rings (SSSR count). The van der Waals surface area contributed by atoms with Gasteiger partial charge >= 0.3 is 6.18 Å². The van der Waals surface area contributed by atoms with Crippen LogP contribution in [0, 0.1) is 6.92 Å². The number of aliphatic hydroxyl groups is 1. The number of aromatic nitrogens is 1. The Labute approximate surface area is 236 Å². The van der Waals surface area contributed by atoms with Crippen LogP contribution in [0.25, 0.3) is 10.9 Å². The van der Waals surface area contributed by atoms with E-state index < -0.39 is 17.3 Å². The van der Waals surface area contributed by atoms with Crippen molar-refractivity contribution in [3.63, 3.8) is 0 Å². The van der Waals surface area contributed by atoms with Crippen LogP contribution in [-0.4, -0.2) is 46.8 Å². The second-order valence-corrected chi connectivity index (χ2v) is 10.9. The molecule has 210 valence electrons. The molecule has 0 radical (unpaired) electrons. The lowest BCUT2D eigenvalue weighted by atomic mass is 9.85. The van der Waals surface area contributed by atoms with Gasteiger partial charge in [0.2, 0.25) is 0 Å². The Bertz CT molecular complexity index is 1490. The summed E-state index contributed by atoms with van der Waals surface area (Å²) in [6.45, 7) is 3.96. The van der Waals surface area contributed by atoms with Gasteiger partial charge in [0.25, 0.3) is 0 Å². The van der Waals surface area contributed by atoms with E-state index >= 15 is 0 Å². The van der Waals surface area contributed by atoms with Gasteiger partial charge in [0, 0.05) is 59.6 Å². The number of hydrogen-bond donors (Lipinski definition) is 2. The monoisotopic (exact) mass is 569 g/mol. The molecule has 2 N–H and O–H groups in total. The number of rotatable bonds is 8. The molecule has 0 spiro atoms. The summed E-state index contributed by atoms with van der Waals surface area (Å²) in [7, 11) is 0. The van der Waals surface area contributed by atoms with E-state index in [1.165, 1.54) is 0 Å². The maximum absolute atomic E-state index is 13.7. The summed E-state index contributed by atoms with van der Waals surface area (Å²) in [4.78, 5) is 6.66. The fourth-order valence-corrected chi connectivity index (χ4v) is 5.39. The van der Waals surface area contributed by atoms with Crippen molar-refractivity contribution in [1.82, 2.24) is 9.88 Å². The molecule has 2 heterocycles. The van der Waals surface area contributed by atoms with Crippen molar-refractivity contribution in [3.05, 3.63) is 94.6 Å². The van der Waals surface area contributed by atoms with E-state index in [1.54, 1.807) is 6.07 Å². The van der Waals surface area contributed by atoms with Crippen molar-refractivity contribution in [2.45, 2.75) is 38.0 Å². The number of anilines is 2. The average molecular weight is 570 g/mol. The molecular formula is C31H31ClF3N3O2. The second kappa shape index (κ2) is 11.6.